The Bertz CT molecular complexity index is 490. The van der Waals surface area contributed by atoms with Gasteiger partial charge in [-0.1, -0.05) is 18.6 Å². The van der Waals surface area contributed by atoms with Crippen molar-refractivity contribution in [1.82, 2.24) is 14.9 Å². The number of aromatic nitrogens is 2. The molecule has 2 aromatic heterocycles. The molecule has 1 atom stereocenters. The van der Waals surface area contributed by atoms with Crippen molar-refractivity contribution in [2.75, 3.05) is 13.1 Å². The maximum absolute atomic E-state index is 4.45. The number of rotatable bonds is 6. The van der Waals surface area contributed by atoms with Crippen LogP contribution in [0.15, 0.2) is 48.9 Å². The molecule has 2 aromatic rings. The fourth-order valence-corrected chi connectivity index (χ4v) is 3.36. The summed E-state index contributed by atoms with van der Waals surface area (Å²) in [6, 6.07) is 11.1. The highest BCUT2D eigenvalue weighted by molar-refractivity contribution is 5.09. The Morgan fingerprint density at radius 2 is 2.05 bits per heavy atom. The zero-order valence-electron chi connectivity index (χ0n) is 13.2. The molecule has 0 amide bonds. The predicted molar refractivity (Wildman–Crippen MR) is 89.7 cm³/mol. The van der Waals surface area contributed by atoms with E-state index in [1.807, 2.05) is 30.7 Å². The second-order valence-corrected chi connectivity index (χ2v) is 6.16. The molecule has 1 aliphatic rings. The molecule has 0 radical (unpaired) electrons. The summed E-state index contributed by atoms with van der Waals surface area (Å²) in [6.45, 7) is 2.39. The van der Waals surface area contributed by atoms with Gasteiger partial charge in [0.25, 0.3) is 0 Å². The third-order valence-corrected chi connectivity index (χ3v) is 4.62. The minimum absolute atomic E-state index is 0.715. The van der Waals surface area contributed by atoms with Crippen LogP contribution in [0.4, 0.5) is 0 Å². The topological polar surface area (TPSA) is 29.0 Å². The van der Waals surface area contributed by atoms with E-state index < -0.39 is 0 Å². The van der Waals surface area contributed by atoms with Crippen molar-refractivity contribution in [1.29, 1.82) is 0 Å². The number of hydrogen-bond acceptors (Lipinski definition) is 3. The first-order valence-electron chi connectivity index (χ1n) is 8.45. The Labute approximate surface area is 133 Å². The van der Waals surface area contributed by atoms with Crippen LogP contribution >= 0.6 is 0 Å². The first-order valence-corrected chi connectivity index (χ1v) is 8.45. The van der Waals surface area contributed by atoms with E-state index in [2.05, 4.69) is 33.1 Å². The summed E-state index contributed by atoms with van der Waals surface area (Å²) in [4.78, 5) is 11.4. The van der Waals surface area contributed by atoms with Crippen molar-refractivity contribution in [2.24, 2.45) is 0 Å². The third kappa shape index (κ3) is 4.38. The van der Waals surface area contributed by atoms with Crippen molar-refractivity contribution in [2.45, 2.75) is 44.6 Å². The van der Waals surface area contributed by atoms with Crippen molar-refractivity contribution >= 4 is 0 Å². The summed E-state index contributed by atoms with van der Waals surface area (Å²) in [5, 5.41) is 0. The van der Waals surface area contributed by atoms with Crippen molar-refractivity contribution in [3.63, 3.8) is 0 Å². The maximum atomic E-state index is 4.45. The van der Waals surface area contributed by atoms with Gasteiger partial charge in [-0.3, -0.25) is 9.97 Å². The van der Waals surface area contributed by atoms with Crippen LogP contribution in [0.3, 0.4) is 0 Å². The molecule has 0 saturated carbocycles. The maximum Gasteiger partial charge on any atom is 0.0404 e. The SMILES string of the molecule is c1ccc(CCC2CCCCN2CCc2cccnc2)nc1. The molecular formula is C19H25N3. The molecule has 0 spiro atoms. The Balaban J connectivity index is 1.52. The van der Waals surface area contributed by atoms with Crippen LogP contribution in [0.25, 0.3) is 0 Å². The molecule has 3 heteroatoms. The van der Waals surface area contributed by atoms with E-state index in [9.17, 15) is 0 Å². The van der Waals surface area contributed by atoms with Crippen LogP contribution < -0.4 is 0 Å². The Morgan fingerprint density at radius 1 is 1.05 bits per heavy atom. The molecule has 1 unspecified atom stereocenters. The zero-order valence-corrected chi connectivity index (χ0v) is 13.2. The largest absolute Gasteiger partial charge is 0.300 e. The van der Waals surface area contributed by atoms with Crippen molar-refractivity contribution < 1.29 is 0 Å². The molecule has 1 fully saturated rings. The van der Waals surface area contributed by atoms with Crippen LogP contribution in [0.1, 0.15) is 36.9 Å². The smallest absolute Gasteiger partial charge is 0.0404 e. The number of likely N-dealkylation sites (tertiary alicyclic amines) is 1. The van der Waals surface area contributed by atoms with E-state index >= 15 is 0 Å². The Hall–Kier alpha value is -1.74. The number of pyridine rings is 2. The van der Waals surface area contributed by atoms with Gasteiger partial charge in [0, 0.05) is 36.9 Å². The lowest BCUT2D eigenvalue weighted by Gasteiger charge is -2.35. The Kier molecular flexibility index (Phi) is 5.54. The molecule has 3 nitrogen and oxygen atoms in total. The zero-order chi connectivity index (χ0) is 15.0. The first-order chi connectivity index (χ1) is 10.9. The van der Waals surface area contributed by atoms with E-state index in [1.54, 1.807) is 0 Å². The second kappa shape index (κ2) is 8.04. The van der Waals surface area contributed by atoms with Crippen LogP contribution in [-0.4, -0.2) is 34.0 Å². The summed E-state index contributed by atoms with van der Waals surface area (Å²) in [5.41, 5.74) is 2.57. The third-order valence-electron chi connectivity index (χ3n) is 4.62. The van der Waals surface area contributed by atoms with Gasteiger partial charge >= 0.3 is 0 Å². The van der Waals surface area contributed by atoms with Gasteiger partial charge in [0.1, 0.15) is 0 Å². The van der Waals surface area contributed by atoms with E-state index in [1.165, 1.54) is 43.5 Å². The minimum atomic E-state index is 0.715. The van der Waals surface area contributed by atoms with Crippen molar-refractivity contribution in [3.05, 3.63) is 60.2 Å². The summed E-state index contributed by atoms with van der Waals surface area (Å²) in [5.74, 6) is 0. The number of aryl methyl sites for hydroxylation is 1. The fourth-order valence-electron chi connectivity index (χ4n) is 3.36. The molecule has 3 rings (SSSR count). The van der Waals surface area contributed by atoms with Gasteiger partial charge in [-0.15, -0.1) is 0 Å². The van der Waals surface area contributed by atoms with Crippen LogP contribution in [0, 0.1) is 0 Å². The molecule has 116 valence electrons. The molecule has 22 heavy (non-hydrogen) atoms. The molecule has 0 N–H and O–H groups in total. The normalized spacial score (nSPS) is 19.2. The van der Waals surface area contributed by atoms with Gasteiger partial charge in [0.05, 0.1) is 0 Å². The highest BCUT2D eigenvalue weighted by Gasteiger charge is 2.21. The molecular weight excluding hydrogens is 270 g/mol. The first kappa shape index (κ1) is 15.2. The summed E-state index contributed by atoms with van der Waals surface area (Å²) in [7, 11) is 0. The molecule has 3 heterocycles. The molecule has 0 aromatic carbocycles. The number of hydrogen-bond donors (Lipinski definition) is 0. The lowest BCUT2D eigenvalue weighted by molar-refractivity contribution is 0.142. The number of piperidine rings is 1. The van der Waals surface area contributed by atoms with Gasteiger partial charge < -0.3 is 4.90 Å². The van der Waals surface area contributed by atoms with Gasteiger partial charge in [0.2, 0.25) is 0 Å². The van der Waals surface area contributed by atoms with Gasteiger partial charge in [0.15, 0.2) is 0 Å². The average Bonchev–Trinajstić information content (AvgIpc) is 2.61. The van der Waals surface area contributed by atoms with E-state index in [-0.39, 0.29) is 0 Å². The molecule has 0 bridgehead atoms. The minimum Gasteiger partial charge on any atom is -0.300 e. The van der Waals surface area contributed by atoms with Crippen LogP contribution in [-0.2, 0) is 12.8 Å². The average molecular weight is 295 g/mol. The van der Waals surface area contributed by atoms with Crippen LogP contribution in [0.5, 0.6) is 0 Å². The lowest BCUT2D eigenvalue weighted by Crippen LogP contribution is -2.41. The predicted octanol–water partition coefficient (Wildman–Crippen LogP) is 3.51. The van der Waals surface area contributed by atoms with Gasteiger partial charge in [-0.25, -0.2) is 0 Å². The Morgan fingerprint density at radius 3 is 2.86 bits per heavy atom. The highest BCUT2D eigenvalue weighted by atomic mass is 15.2. The van der Waals surface area contributed by atoms with Crippen LogP contribution in [0.2, 0.25) is 0 Å². The summed E-state index contributed by atoms with van der Waals surface area (Å²) in [6.07, 6.45) is 13.2. The van der Waals surface area contributed by atoms with E-state index in [0.717, 1.165) is 19.4 Å². The quantitative estimate of drug-likeness (QED) is 0.816. The number of nitrogens with zero attached hydrogens (tertiary/aromatic N) is 3. The van der Waals surface area contributed by atoms with E-state index in [0.29, 0.717) is 6.04 Å². The van der Waals surface area contributed by atoms with Crippen molar-refractivity contribution in [3.8, 4) is 0 Å². The standard InChI is InChI=1S/C19H25N3/c1-3-13-21-18(7-1)9-10-19-8-2-4-14-22(19)15-11-17-6-5-12-20-16-17/h1,3,5-7,12-13,16,19H,2,4,8-11,14-15H2. The lowest BCUT2D eigenvalue weighted by atomic mass is 9.96. The fraction of sp³-hybridized carbons (Fsp3) is 0.474. The molecule has 1 saturated heterocycles. The molecule has 0 aliphatic carbocycles. The second-order valence-electron chi connectivity index (χ2n) is 6.16. The molecule has 1 aliphatic heterocycles. The summed E-state index contributed by atoms with van der Waals surface area (Å²) >= 11 is 0. The monoisotopic (exact) mass is 295 g/mol. The van der Waals surface area contributed by atoms with E-state index in [4.69, 9.17) is 0 Å². The highest BCUT2D eigenvalue weighted by Crippen LogP contribution is 2.21. The van der Waals surface area contributed by atoms with Gasteiger partial charge in [-0.05, 0) is 62.4 Å². The van der Waals surface area contributed by atoms with Gasteiger partial charge in [-0.2, -0.15) is 0 Å². The summed E-state index contributed by atoms with van der Waals surface area (Å²) < 4.78 is 0.